The van der Waals surface area contributed by atoms with Crippen LogP contribution in [0, 0.1) is 11.8 Å². The minimum atomic E-state index is -0.122. The third-order valence-corrected chi connectivity index (χ3v) is 8.00. The van der Waals surface area contributed by atoms with E-state index in [-0.39, 0.29) is 5.91 Å². The number of hydrogen-bond acceptors (Lipinski definition) is 7. The molecule has 8 nitrogen and oxygen atoms in total. The van der Waals surface area contributed by atoms with Gasteiger partial charge in [-0.25, -0.2) is 4.98 Å². The minimum absolute atomic E-state index is 0.122. The average Bonchev–Trinajstić information content (AvgIpc) is 3.65. The molecule has 0 aliphatic heterocycles. The van der Waals surface area contributed by atoms with Crippen LogP contribution in [0.5, 0.6) is 5.75 Å². The number of methoxy groups -OCH3 is 1. The first-order valence-electron chi connectivity index (χ1n) is 13.4. The molecular weight excluding hydrogens is 532 g/mol. The number of rotatable bonds is 7. The third kappa shape index (κ3) is 6.03. The summed E-state index contributed by atoms with van der Waals surface area (Å²) in [5.41, 5.74) is 5.15. The van der Waals surface area contributed by atoms with Gasteiger partial charge in [0.2, 0.25) is 5.82 Å². The van der Waals surface area contributed by atoms with E-state index in [0.29, 0.717) is 23.9 Å². The van der Waals surface area contributed by atoms with Crippen LogP contribution < -0.4 is 9.64 Å². The van der Waals surface area contributed by atoms with Gasteiger partial charge in [-0.05, 0) is 72.0 Å². The highest BCUT2D eigenvalue weighted by Gasteiger charge is 2.21. The van der Waals surface area contributed by atoms with E-state index in [9.17, 15) is 4.79 Å². The molecule has 1 saturated carbocycles. The van der Waals surface area contributed by atoms with Crippen LogP contribution in [0.3, 0.4) is 0 Å². The molecule has 9 heteroatoms. The first-order valence-corrected chi connectivity index (χ1v) is 14.3. The predicted molar refractivity (Wildman–Crippen MR) is 159 cm³/mol. The first-order chi connectivity index (χ1) is 20.1. The van der Waals surface area contributed by atoms with Crippen LogP contribution in [0.15, 0.2) is 78.2 Å². The molecule has 0 N–H and O–H groups in total. The lowest BCUT2D eigenvalue weighted by atomic mass is 9.83. The number of carbonyl (C=O) groups excluding carboxylic acids is 1. The Balaban J connectivity index is 1.10. The molecule has 5 aromatic rings. The van der Waals surface area contributed by atoms with Crippen molar-refractivity contribution in [2.24, 2.45) is 0 Å². The standard InChI is InChI=1S/C32H28N6O2S/c1-37(27-8-3-5-22(19-27)11-18-30-33-29(21-41-30)24-6-4-7-24)32(39)26-14-12-25(13-15-26)31-34-36-38(35-31)20-23-9-16-28(40-2)17-10-23/h3,5,8-10,12-17,19,21,24H,4,6-7,20H2,1-2H3. The van der Waals surface area contributed by atoms with Crippen LogP contribution in [0.2, 0.25) is 0 Å². The van der Waals surface area contributed by atoms with Gasteiger partial charge in [0, 0.05) is 40.7 Å². The van der Waals surface area contributed by atoms with E-state index < -0.39 is 0 Å². The second kappa shape index (κ2) is 11.7. The molecule has 3 aromatic carbocycles. The molecule has 2 aromatic heterocycles. The van der Waals surface area contributed by atoms with Crippen LogP contribution >= 0.6 is 11.3 Å². The second-order valence-corrected chi connectivity index (χ2v) is 10.8. The fourth-order valence-corrected chi connectivity index (χ4v) is 5.29. The molecule has 1 aliphatic rings. The maximum Gasteiger partial charge on any atom is 0.258 e. The summed E-state index contributed by atoms with van der Waals surface area (Å²) in [6.07, 6.45) is 3.75. The Morgan fingerprint density at radius 2 is 1.88 bits per heavy atom. The van der Waals surface area contributed by atoms with Crippen molar-refractivity contribution < 1.29 is 9.53 Å². The Morgan fingerprint density at radius 1 is 1.07 bits per heavy atom. The van der Waals surface area contributed by atoms with Gasteiger partial charge in [-0.15, -0.1) is 21.5 Å². The van der Waals surface area contributed by atoms with Gasteiger partial charge in [0.05, 0.1) is 19.3 Å². The summed E-state index contributed by atoms with van der Waals surface area (Å²) < 4.78 is 5.20. The van der Waals surface area contributed by atoms with Gasteiger partial charge < -0.3 is 9.64 Å². The Morgan fingerprint density at radius 3 is 2.61 bits per heavy atom. The van der Waals surface area contributed by atoms with E-state index in [0.717, 1.165) is 33.1 Å². The van der Waals surface area contributed by atoms with E-state index in [1.54, 1.807) is 47.3 Å². The molecule has 1 aliphatic carbocycles. The van der Waals surface area contributed by atoms with Crippen molar-refractivity contribution >= 4 is 22.9 Å². The second-order valence-electron chi connectivity index (χ2n) is 9.94. The summed E-state index contributed by atoms with van der Waals surface area (Å²) in [5.74, 6) is 8.17. The van der Waals surface area contributed by atoms with Gasteiger partial charge in [-0.2, -0.15) is 4.80 Å². The van der Waals surface area contributed by atoms with Gasteiger partial charge in [0.25, 0.3) is 5.91 Å². The Bertz CT molecular complexity index is 1730. The van der Waals surface area contributed by atoms with Crippen LogP contribution in [0.4, 0.5) is 5.69 Å². The number of tetrazole rings is 1. The van der Waals surface area contributed by atoms with Crippen molar-refractivity contribution in [1.82, 2.24) is 25.2 Å². The highest BCUT2D eigenvalue weighted by molar-refractivity contribution is 7.10. The number of nitrogens with zero attached hydrogens (tertiary/aromatic N) is 6. The lowest BCUT2D eigenvalue weighted by molar-refractivity contribution is 0.0993. The Labute approximate surface area is 242 Å². The van der Waals surface area contributed by atoms with E-state index in [1.165, 1.54) is 25.0 Å². The predicted octanol–water partition coefficient (Wildman–Crippen LogP) is 5.80. The number of carbonyl (C=O) groups is 1. The quantitative estimate of drug-likeness (QED) is 0.234. The fraction of sp³-hybridized carbons (Fsp3) is 0.219. The summed E-state index contributed by atoms with van der Waals surface area (Å²) in [6.45, 7) is 0.493. The summed E-state index contributed by atoms with van der Waals surface area (Å²) in [6, 6.07) is 22.6. The van der Waals surface area contributed by atoms with Gasteiger partial charge in [0.15, 0.2) is 5.01 Å². The molecular formula is C32H28N6O2S. The highest BCUT2D eigenvalue weighted by Crippen LogP contribution is 2.36. The van der Waals surface area contributed by atoms with Crippen molar-refractivity contribution in [2.45, 2.75) is 31.7 Å². The number of ether oxygens (including phenoxy) is 1. The number of benzene rings is 3. The molecule has 0 unspecified atom stereocenters. The van der Waals surface area contributed by atoms with Crippen molar-refractivity contribution in [3.8, 4) is 29.0 Å². The fourth-order valence-electron chi connectivity index (χ4n) is 4.55. The van der Waals surface area contributed by atoms with Crippen LogP contribution in [-0.2, 0) is 6.54 Å². The number of anilines is 1. The van der Waals surface area contributed by atoms with E-state index in [1.807, 2.05) is 60.7 Å². The Hall–Kier alpha value is -4.81. The smallest absolute Gasteiger partial charge is 0.258 e. The van der Waals surface area contributed by atoms with Crippen molar-refractivity contribution in [3.63, 3.8) is 0 Å². The van der Waals surface area contributed by atoms with Crippen molar-refractivity contribution in [3.05, 3.63) is 106 Å². The van der Waals surface area contributed by atoms with E-state index >= 15 is 0 Å². The zero-order chi connectivity index (χ0) is 28.2. The summed E-state index contributed by atoms with van der Waals surface area (Å²) >= 11 is 1.59. The van der Waals surface area contributed by atoms with Crippen molar-refractivity contribution in [1.29, 1.82) is 0 Å². The Kier molecular flexibility index (Phi) is 7.56. The molecule has 0 saturated heterocycles. The van der Waals surface area contributed by atoms with E-state index in [2.05, 4.69) is 37.6 Å². The van der Waals surface area contributed by atoms with Crippen LogP contribution in [0.25, 0.3) is 11.4 Å². The monoisotopic (exact) mass is 560 g/mol. The third-order valence-electron chi connectivity index (χ3n) is 7.22. The lowest BCUT2D eigenvalue weighted by Crippen LogP contribution is -2.26. The largest absolute Gasteiger partial charge is 0.497 e. The summed E-state index contributed by atoms with van der Waals surface area (Å²) in [7, 11) is 3.40. The minimum Gasteiger partial charge on any atom is -0.497 e. The van der Waals surface area contributed by atoms with Crippen LogP contribution in [0.1, 0.15) is 57.4 Å². The molecule has 6 rings (SSSR count). The lowest BCUT2D eigenvalue weighted by Gasteiger charge is -2.22. The molecule has 0 atom stereocenters. The number of thiazole rings is 1. The topological polar surface area (TPSA) is 86.0 Å². The molecule has 1 fully saturated rings. The maximum absolute atomic E-state index is 13.3. The summed E-state index contributed by atoms with van der Waals surface area (Å²) in [4.78, 5) is 21.1. The molecule has 204 valence electrons. The van der Waals surface area contributed by atoms with Gasteiger partial charge in [0.1, 0.15) is 5.75 Å². The number of amides is 1. The zero-order valence-corrected chi connectivity index (χ0v) is 23.6. The van der Waals surface area contributed by atoms with E-state index in [4.69, 9.17) is 4.74 Å². The molecule has 0 bridgehead atoms. The SMILES string of the molecule is COc1ccc(Cn2nnc(-c3ccc(C(=O)N(C)c4cccc(C#Cc5nc(C6CCC6)cs5)c4)cc3)n2)cc1. The van der Waals surface area contributed by atoms with Gasteiger partial charge in [-0.1, -0.05) is 42.7 Å². The maximum atomic E-state index is 13.3. The molecule has 0 radical (unpaired) electrons. The van der Waals surface area contributed by atoms with Gasteiger partial charge >= 0.3 is 0 Å². The molecule has 0 spiro atoms. The molecule has 41 heavy (non-hydrogen) atoms. The van der Waals surface area contributed by atoms with Gasteiger partial charge in [-0.3, -0.25) is 4.79 Å². The number of hydrogen-bond donors (Lipinski definition) is 0. The summed E-state index contributed by atoms with van der Waals surface area (Å²) in [5, 5.41) is 15.8. The van der Waals surface area contributed by atoms with Crippen LogP contribution in [-0.4, -0.2) is 45.3 Å². The number of aromatic nitrogens is 5. The zero-order valence-electron chi connectivity index (χ0n) is 22.8. The normalized spacial score (nSPS) is 12.7. The van der Waals surface area contributed by atoms with Crippen molar-refractivity contribution in [2.75, 3.05) is 19.1 Å². The molecule has 2 heterocycles. The first kappa shape index (κ1) is 26.4. The highest BCUT2D eigenvalue weighted by atomic mass is 32.1. The average molecular weight is 561 g/mol. The molecule has 1 amide bonds.